The maximum absolute atomic E-state index is 11.4. The standard InChI is InChI=1S/C18H19NO4/c1-22-18(20)11-16(12-19-21)15-7-9-17(10-8-15)23-13-14-5-3-2-4-6-14/h2-10,12,16,21H,11,13H2,1H3/b19-12-/t16-/m1/s1. The summed E-state index contributed by atoms with van der Waals surface area (Å²) in [5, 5.41) is 11.8. The van der Waals surface area contributed by atoms with Gasteiger partial charge in [-0.05, 0) is 23.3 Å². The fourth-order valence-corrected chi connectivity index (χ4v) is 2.15. The lowest BCUT2D eigenvalue weighted by atomic mass is 9.97. The van der Waals surface area contributed by atoms with Gasteiger partial charge in [0.2, 0.25) is 0 Å². The van der Waals surface area contributed by atoms with Gasteiger partial charge in [0, 0.05) is 5.92 Å². The molecule has 5 heteroatoms. The van der Waals surface area contributed by atoms with Crippen LogP contribution in [0.2, 0.25) is 0 Å². The van der Waals surface area contributed by atoms with Crippen LogP contribution in [0.3, 0.4) is 0 Å². The zero-order valence-electron chi connectivity index (χ0n) is 12.9. The molecule has 5 nitrogen and oxygen atoms in total. The Labute approximate surface area is 135 Å². The first kappa shape index (κ1) is 16.5. The molecule has 0 aliphatic heterocycles. The Morgan fingerprint density at radius 3 is 2.48 bits per heavy atom. The van der Waals surface area contributed by atoms with Crippen LogP contribution in [0.5, 0.6) is 5.75 Å². The number of carbonyl (C=O) groups is 1. The Kier molecular flexibility index (Phi) is 6.17. The van der Waals surface area contributed by atoms with E-state index in [1.807, 2.05) is 54.6 Å². The monoisotopic (exact) mass is 313 g/mol. The van der Waals surface area contributed by atoms with Crippen LogP contribution in [0, 0.1) is 0 Å². The highest BCUT2D eigenvalue weighted by Gasteiger charge is 2.15. The van der Waals surface area contributed by atoms with Gasteiger partial charge in [-0.1, -0.05) is 42.5 Å². The van der Waals surface area contributed by atoms with Gasteiger partial charge in [-0.2, -0.15) is 0 Å². The van der Waals surface area contributed by atoms with E-state index in [1.165, 1.54) is 13.3 Å². The molecule has 1 atom stereocenters. The Hall–Kier alpha value is -2.82. The van der Waals surface area contributed by atoms with Gasteiger partial charge in [-0.3, -0.25) is 4.79 Å². The van der Waals surface area contributed by atoms with E-state index >= 15 is 0 Å². The van der Waals surface area contributed by atoms with Crippen molar-refractivity contribution in [2.24, 2.45) is 5.16 Å². The molecular weight excluding hydrogens is 294 g/mol. The van der Waals surface area contributed by atoms with Crippen molar-refractivity contribution in [3.63, 3.8) is 0 Å². The lowest BCUT2D eigenvalue weighted by molar-refractivity contribution is -0.140. The van der Waals surface area contributed by atoms with Crippen LogP contribution < -0.4 is 4.74 Å². The SMILES string of the molecule is COC(=O)C[C@H](/C=N\O)c1ccc(OCc2ccccc2)cc1. The van der Waals surface area contributed by atoms with E-state index in [2.05, 4.69) is 9.89 Å². The van der Waals surface area contributed by atoms with Crippen LogP contribution in [-0.4, -0.2) is 24.5 Å². The molecule has 0 unspecified atom stereocenters. The first-order valence-corrected chi connectivity index (χ1v) is 7.24. The van der Waals surface area contributed by atoms with Crippen molar-refractivity contribution in [1.29, 1.82) is 0 Å². The number of oxime groups is 1. The summed E-state index contributed by atoms with van der Waals surface area (Å²) >= 11 is 0. The Balaban J connectivity index is 2.00. The van der Waals surface area contributed by atoms with Crippen LogP contribution >= 0.6 is 0 Å². The third-order valence-corrected chi connectivity index (χ3v) is 3.42. The summed E-state index contributed by atoms with van der Waals surface area (Å²) in [4.78, 5) is 11.4. The molecule has 0 saturated heterocycles. The number of nitrogens with zero attached hydrogens (tertiary/aromatic N) is 1. The molecule has 0 aliphatic carbocycles. The van der Waals surface area contributed by atoms with E-state index < -0.39 is 0 Å². The molecule has 0 saturated carbocycles. The molecule has 0 aromatic heterocycles. The lowest BCUT2D eigenvalue weighted by Crippen LogP contribution is -2.10. The number of methoxy groups -OCH3 is 1. The summed E-state index contributed by atoms with van der Waals surface area (Å²) in [6.07, 6.45) is 1.43. The Morgan fingerprint density at radius 2 is 1.87 bits per heavy atom. The minimum Gasteiger partial charge on any atom is -0.489 e. The largest absolute Gasteiger partial charge is 0.489 e. The van der Waals surface area contributed by atoms with Crippen molar-refractivity contribution >= 4 is 12.2 Å². The van der Waals surface area contributed by atoms with Crippen molar-refractivity contribution in [1.82, 2.24) is 0 Å². The average Bonchev–Trinajstić information content (AvgIpc) is 2.61. The van der Waals surface area contributed by atoms with Crippen LogP contribution in [0.4, 0.5) is 0 Å². The van der Waals surface area contributed by atoms with E-state index in [0.717, 1.165) is 16.9 Å². The highest BCUT2D eigenvalue weighted by molar-refractivity contribution is 5.78. The normalized spacial score (nSPS) is 12.0. The summed E-state index contributed by atoms with van der Waals surface area (Å²) in [7, 11) is 1.33. The van der Waals surface area contributed by atoms with E-state index in [1.54, 1.807) is 0 Å². The smallest absolute Gasteiger partial charge is 0.306 e. The molecule has 2 aromatic rings. The van der Waals surface area contributed by atoms with Crippen molar-refractivity contribution in [2.45, 2.75) is 18.9 Å². The predicted octanol–water partition coefficient (Wildman–Crippen LogP) is 3.37. The minimum absolute atomic E-state index is 0.116. The highest BCUT2D eigenvalue weighted by atomic mass is 16.5. The first-order valence-electron chi connectivity index (χ1n) is 7.24. The van der Waals surface area contributed by atoms with E-state index in [0.29, 0.717) is 6.61 Å². The number of benzene rings is 2. The fourth-order valence-electron chi connectivity index (χ4n) is 2.15. The van der Waals surface area contributed by atoms with Gasteiger partial charge in [0.15, 0.2) is 0 Å². The number of hydrogen-bond donors (Lipinski definition) is 1. The zero-order chi connectivity index (χ0) is 16.5. The van der Waals surface area contributed by atoms with Gasteiger partial charge in [-0.15, -0.1) is 5.16 Å². The van der Waals surface area contributed by atoms with E-state index in [4.69, 9.17) is 9.94 Å². The molecule has 0 spiro atoms. The van der Waals surface area contributed by atoms with Gasteiger partial charge < -0.3 is 14.7 Å². The van der Waals surface area contributed by atoms with Gasteiger partial charge in [0.25, 0.3) is 0 Å². The fraction of sp³-hybridized carbons (Fsp3) is 0.222. The second kappa shape index (κ2) is 8.58. The number of hydrogen-bond acceptors (Lipinski definition) is 5. The molecule has 2 aromatic carbocycles. The Morgan fingerprint density at radius 1 is 1.17 bits per heavy atom. The zero-order valence-corrected chi connectivity index (χ0v) is 12.9. The third kappa shape index (κ3) is 5.14. The van der Waals surface area contributed by atoms with Gasteiger partial charge >= 0.3 is 5.97 Å². The van der Waals surface area contributed by atoms with E-state index in [-0.39, 0.29) is 18.3 Å². The van der Waals surface area contributed by atoms with E-state index in [9.17, 15) is 4.79 Å². The number of ether oxygens (including phenoxy) is 2. The minimum atomic E-state index is -0.362. The van der Waals surface area contributed by atoms with Gasteiger partial charge in [0.1, 0.15) is 12.4 Å². The molecular formula is C18H19NO4. The highest BCUT2D eigenvalue weighted by Crippen LogP contribution is 2.22. The molecule has 0 amide bonds. The van der Waals surface area contributed by atoms with Crippen LogP contribution in [-0.2, 0) is 16.1 Å². The summed E-state index contributed by atoms with van der Waals surface area (Å²) in [6.45, 7) is 0.490. The quantitative estimate of drug-likeness (QED) is 0.368. The topological polar surface area (TPSA) is 68.1 Å². The predicted molar refractivity (Wildman–Crippen MR) is 86.9 cm³/mol. The summed E-state index contributed by atoms with van der Waals surface area (Å²) in [5.41, 5.74) is 1.94. The maximum Gasteiger partial charge on any atom is 0.306 e. The molecule has 0 fully saturated rings. The second-order valence-corrected chi connectivity index (χ2v) is 4.99. The number of carbonyl (C=O) groups excluding carboxylic acids is 1. The molecule has 0 radical (unpaired) electrons. The van der Waals surface area contributed by atoms with Gasteiger partial charge in [0.05, 0.1) is 19.7 Å². The maximum atomic E-state index is 11.4. The molecule has 1 N–H and O–H groups in total. The van der Waals surface area contributed by atoms with Crippen molar-refractivity contribution in [3.05, 3.63) is 65.7 Å². The van der Waals surface area contributed by atoms with Crippen LogP contribution in [0.25, 0.3) is 0 Å². The molecule has 2 rings (SSSR count). The Bertz CT molecular complexity index is 638. The lowest BCUT2D eigenvalue weighted by Gasteiger charge is -2.12. The molecule has 0 heterocycles. The molecule has 120 valence electrons. The molecule has 0 bridgehead atoms. The van der Waals surface area contributed by atoms with Crippen LogP contribution in [0.15, 0.2) is 59.8 Å². The van der Waals surface area contributed by atoms with Gasteiger partial charge in [-0.25, -0.2) is 0 Å². The molecule has 23 heavy (non-hydrogen) atoms. The van der Waals surface area contributed by atoms with Crippen molar-refractivity contribution in [2.75, 3.05) is 7.11 Å². The summed E-state index contributed by atoms with van der Waals surface area (Å²) < 4.78 is 10.4. The first-order chi connectivity index (χ1) is 11.2. The van der Waals surface area contributed by atoms with Crippen molar-refractivity contribution < 1.29 is 19.5 Å². The molecule has 0 aliphatic rings. The second-order valence-electron chi connectivity index (χ2n) is 4.99. The average molecular weight is 313 g/mol. The number of esters is 1. The van der Waals surface area contributed by atoms with Crippen molar-refractivity contribution in [3.8, 4) is 5.75 Å². The third-order valence-electron chi connectivity index (χ3n) is 3.42. The summed E-state index contributed by atoms with van der Waals surface area (Å²) in [6, 6.07) is 17.2. The summed E-state index contributed by atoms with van der Waals surface area (Å²) in [5.74, 6) is 0.0327. The number of rotatable bonds is 7. The van der Waals surface area contributed by atoms with Crippen LogP contribution in [0.1, 0.15) is 23.5 Å².